The highest BCUT2D eigenvalue weighted by molar-refractivity contribution is 7.89. The number of aryl methyl sites for hydroxylation is 3. The maximum absolute atomic E-state index is 13.3. The van der Waals surface area contributed by atoms with Gasteiger partial charge in [0.05, 0.1) is 23.6 Å². The molecule has 1 fully saturated rings. The number of sulfonamides is 1. The van der Waals surface area contributed by atoms with E-state index in [1.165, 1.54) is 0 Å². The van der Waals surface area contributed by atoms with Crippen LogP contribution in [-0.4, -0.2) is 85.8 Å². The Kier molecular flexibility index (Phi) is 12.6. The molecule has 3 aromatic carbocycles. The van der Waals surface area contributed by atoms with Crippen LogP contribution < -0.4 is 15.4 Å². The fourth-order valence-corrected chi connectivity index (χ4v) is 7.85. The molecule has 2 heterocycles. The maximum Gasteiger partial charge on any atom is 0.410 e. The Morgan fingerprint density at radius 2 is 1.62 bits per heavy atom. The number of carbonyl (C=O) groups is 3. The van der Waals surface area contributed by atoms with E-state index in [4.69, 9.17) is 9.47 Å². The summed E-state index contributed by atoms with van der Waals surface area (Å²) in [7, 11) is -4.21. The molecule has 0 unspecified atom stereocenters. The molecule has 0 spiro atoms. The smallest absolute Gasteiger partial charge is 0.410 e. The number of anilines is 1. The number of aliphatic carboxylic acids is 1. The average Bonchev–Trinajstić information content (AvgIpc) is 3.54. The number of benzene rings is 3. The predicted molar refractivity (Wildman–Crippen MR) is 195 cm³/mol. The lowest BCUT2D eigenvalue weighted by atomic mass is 10.1. The Balaban J connectivity index is 1.17. The third-order valence-electron chi connectivity index (χ3n) is 8.63. The molecule has 1 aliphatic rings. The number of hydrogen-bond donors (Lipinski definition) is 4. The summed E-state index contributed by atoms with van der Waals surface area (Å²) in [6, 6.07) is 24.4. The molecule has 1 aromatic heterocycles. The molecule has 1 saturated heterocycles. The standard InChI is InChI=1S/C38H43N5O8S/c1-25-16-26(2)36(27(3)17-25)52(48,49)42-33(37(45)46)21-41-35(44)24-50-32-18-31(43(22-32)38(47)51-23-28-10-6-4-7-11-28)20-40-34-15-14-30(19-39-34)29-12-8-5-9-13-29/h4-17,19,31-33,42H,18,20-24H2,1-3H3,(H,39,40)(H,41,44)(H,45,46)/t31-,32+,33-/m0/s1. The minimum absolute atomic E-state index is 0.00360. The van der Waals surface area contributed by atoms with Gasteiger partial charge in [-0.05, 0) is 61.6 Å². The Bertz CT molecular complexity index is 1940. The van der Waals surface area contributed by atoms with Gasteiger partial charge in [-0.25, -0.2) is 18.2 Å². The van der Waals surface area contributed by atoms with Gasteiger partial charge >= 0.3 is 12.1 Å². The van der Waals surface area contributed by atoms with Crippen LogP contribution in [0.5, 0.6) is 0 Å². The van der Waals surface area contributed by atoms with Crippen LogP contribution in [0.1, 0.15) is 28.7 Å². The lowest BCUT2D eigenvalue weighted by Crippen LogP contribution is -2.49. The number of likely N-dealkylation sites (tertiary alicyclic amines) is 1. The number of nitrogens with one attached hydrogen (secondary N) is 3. The first-order valence-electron chi connectivity index (χ1n) is 16.8. The number of nitrogens with zero attached hydrogens (tertiary/aromatic N) is 2. The highest BCUT2D eigenvalue weighted by Gasteiger charge is 2.37. The Morgan fingerprint density at radius 3 is 2.25 bits per heavy atom. The van der Waals surface area contributed by atoms with Crippen molar-refractivity contribution in [3.63, 3.8) is 0 Å². The summed E-state index contributed by atoms with van der Waals surface area (Å²) in [6.07, 6.45) is 1.09. The van der Waals surface area contributed by atoms with E-state index < -0.39 is 53.3 Å². The molecule has 4 N–H and O–H groups in total. The third-order valence-corrected chi connectivity index (χ3v) is 10.4. The van der Waals surface area contributed by atoms with Crippen molar-refractivity contribution in [2.75, 3.05) is 31.6 Å². The van der Waals surface area contributed by atoms with Crippen molar-refractivity contribution < 1.29 is 37.4 Å². The second-order valence-corrected chi connectivity index (χ2v) is 14.4. The fraction of sp³-hybridized carbons (Fsp3) is 0.316. The van der Waals surface area contributed by atoms with Gasteiger partial charge in [-0.2, -0.15) is 4.72 Å². The van der Waals surface area contributed by atoms with E-state index in [1.54, 1.807) is 37.1 Å². The van der Waals surface area contributed by atoms with Gasteiger partial charge in [0, 0.05) is 24.8 Å². The lowest BCUT2D eigenvalue weighted by molar-refractivity contribution is -0.139. The molecule has 52 heavy (non-hydrogen) atoms. The van der Waals surface area contributed by atoms with Gasteiger partial charge in [0.25, 0.3) is 0 Å². The maximum atomic E-state index is 13.3. The molecule has 1 aliphatic heterocycles. The zero-order valence-corrected chi connectivity index (χ0v) is 30.1. The number of aromatic nitrogens is 1. The summed E-state index contributed by atoms with van der Waals surface area (Å²) in [6.45, 7) is 4.74. The molecule has 0 radical (unpaired) electrons. The molecule has 0 bridgehead atoms. The number of carboxylic acids is 1. The molecule has 14 heteroatoms. The summed E-state index contributed by atoms with van der Waals surface area (Å²) >= 11 is 0. The molecule has 5 rings (SSSR count). The number of carboxylic acid groups (broad SMARTS) is 1. The number of rotatable bonds is 15. The Labute approximate surface area is 303 Å². The second kappa shape index (κ2) is 17.3. The average molecular weight is 730 g/mol. The van der Waals surface area contributed by atoms with Crippen LogP contribution in [0.4, 0.5) is 10.6 Å². The second-order valence-electron chi connectivity index (χ2n) is 12.7. The summed E-state index contributed by atoms with van der Waals surface area (Å²) in [4.78, 5) is 44.1. The highest BCUT2D eigenvalue weighted by atomic mass is 32.2. The van der Waals surface area contributed by atoms with Gasteiger partial charge in [-0.1, -0.05) is 78.4 Å². The van der Waals surface area contributed by atoms with Crippen molar-refractivity contribution in [3.05, 3.63) is 113 Å². The van der Waals surface area contributed by atoms with Crippen LogP contribution in [0.3, 0.4) is 0 Å². The van der Waals surface area contributed by atoms with Crippen LogP contribution >= 0.6 is 0 Å². The van der Waals surface area contributed by atoms with Crippen molar-refractivity contribution in [3.8, 4) is 11.1 Å². The first kappa shape index (κ1) is 37.9. The highest BCUT2D eigenvalue weighted by Crippen LogP contribution is 2.24. The minimum atomic E-state index is -4.21. The van der Waals surface area contributed by atoms with Crippen LogP contribution in [0.25, 0.3) is 11.1 Å². The van der Waals surface area contributed by atoms with Crippen molar-refractivity contribution in [1.29, 1.82) is 0 Å². The largest absolute Gasteiger partial charge is 0.480 e. The number of carbonyl (C=O) groups excluding carboxylic acids is 2. The van der Waals surface area contributed by atoms with Crippen molar-refractivity contribution in [2.24, 2.45) is 0 Å². The van der Waals surface area contributed by atoms with E-state index in [1.807, 2.05) is 79.7 Å². The van der Waals surface area contributed by atoms with Gasteiger partial charge in [-0.15, -0.1) is 0 Å². The Hall–Kier alpha value is -5.31. The van der Waals surface area contributed by atoms with Gasteiger partial charge in [-0.3, -0.25) is 9.59 Å². The molecule has 13 nitrogen and oxygen atoms in total. The zero-order chi connectivity index (χ0) is 37.3. The van der Waals surface area contributed by atoms with Crippen molar-refractivity contribution in [1.82, 2.24) is 19.9 Å². The van der Waals surface area contributed by atoms with Crippen molar-refractivity contribution in [2.45, 2.75) is 56.9 Å². The molecule has 4 aromatic rings. The summed E-state index contributed by atoms with van der Waals surface area (Å²) in [5.41, 5.74) is 4.68. The van der Waals surface area contributed by atoms with Crippen LogP contribution in [0, 0.1) is 20.8 Å². The summed E-state index contributed by atoms with van der Waals surface area (Å²) in [5, 5.41) is 15.5. The van der Waals surface area contributed by atoms with Gasteiger partial charge < -0.3 is 30.1 Å². The first-order valence-corrected chi connectivity index (χ1v) is 18.3. The predicted octanol–water partition coefficient (Wildman–Crippen LogP) is 4.43. The molecule has 0 aliphatic carbocycles. The van der Waals surface area contributed by atoms with Gasteiger partial charge in [0.15, 0.2) is 0 Å². The first-order chi connectivity index (χ1) is 24.9. The quantitative estimate of drug-likeness (QED) is 0.137. The van der Waals surface area contributed by atoms with Gasteiger partial charge in [0.1, 0.15) is 25.1 Å². The monoisotopic (exact) mass is 729 g/mol. The van der Waals surface area contributed by atoms with Crippen LogP contribution in [0.15, 0.2) is 96.0 Å². The molecular formula is C38H43N5O8S. The molecule has 3 atom stereocenters. The number of ether oxygens (including phenoxy) is 2. The summed E-state index contributed by atoms with van der Waals surface area (Å²) < 4.78 is 40.0. The molecule has 0 saturated carbocycles. The third kappa shape index (κ3) is 10.1. The van der Waals surface area contributed by atoms with E-state index in [2.05, 4.69) is 20.3 Å². The van der Waals surface area contributed by atoms with Crippen LogP contribution in [0.2, 0.25) is 0 Å². The number of pyridine rings is 1. The van der Waals surface area contributed by atoms with E-state index >= 15 is 0 Å². The zero-order valence-electron chi connectivity index (χ0n) is 29.2. The van der Waals surface area contributed by atoms with E-state index in [-0.39, 0.29) is 24.1 Å². The number of hydrogen-bond acceptors (Lipinski definition) is 9. The number of amides is 2. The minimum Gasteiger partial charge on any atom is -0.480 e. The Morgan fingerprint density at radius 1 is 0.942 bits per heavy atom. The fourth-order valence-electron chi connectivity index (χ4n) is 6.21. The SMILES string of the molecule is Cc1cc(C)c(S(=O)(=O)N[C@@H](CNC(=O)CO[C@@H]2C[C@@H](CNc3ccc(-c4ccccc4)cn3)N(C(=O)OCc3ccccc3)C2)C(=O)O)c(C)c1. The topological polar surface area (TPSA) is 176 Å². The lowest BCUT2D eigenvalue weighted by Gasteiger charge is -2.24. The van der Waals surface area contributed by atoms with E-state index in [0.29, 0.717) is 29.9 Å². The van der Waals surface area contributed by atoms with E-state index in [9.17, 15) is 27.9 Å². The van der Waals surface area contributed by atoms with Gasteiger partial charge in [0.2, 0.25) is 15.9 Å². The molecule has 2 amide bonds. The summed E-state index contributed by atoms with van der Waals surface area (Å²) in [5.74, 6) is -1.47. The van der Waals surface area contributed by atoms with Crippen molar-refractivity contribution >= 4 is 33.8 Å². The van der Waals surface area contributed by atoms with Crippen LogP contribution in [-0.2, 0) is 35.7 Å². The molecular weight excluding hydrogens is 687 g/mol. The van der Waals surface area contributed by atoms with E-state index in [0.717, 1.165) is 22.3 Å². The normalized spacial score (nSPS) is 16.2. The molecule has 274 valence electrons.